The summed E-state index contributed by atoms with van der Waals surface area (Å²) in [6, 6.07) is 8.15. The van der Waals surface area contributed by atoms with Gasteiger partial charge in [0.15, 0.2) is 5.60 Å². The van der Waals surface area contributed by atoms with Gasteiger partial charge in [-0.05, 0) is 13.0 Å². The average Bonchev–Trinajstić information content (AvgIpc) is 2.58. The fourth-order valence-electron chi connectivity index (χ4n) is 1.83. The van der Waals surface area contributed by atoms with Crippen molar-refractivity contribution in [3.05, 3.63) is 29.8 Å². The Bertz CT molecular complexity index is 372. The van der Waals surface area contributed by atoms with Crippen LogP contribution in [0.3, 0.4) is 0 Å². The Morgan fingerprint density at radius 1 is 1.42 bits per heavy atom. The first-order valence-electron chi connectivity index (χ1n) is 4.15. The first-order valence-corrected chi connectivity index (χ1v) is 4.15. The van der Waals surface area contributed by atoms with Gasteiger partial charge < -0.3 is 4.74 Å². The number of para-hydroxylation sites is 1. The third-order valence-electron chi connectivity index (χ3n) is 2.64. The Morgan fingerprint density at radius 2 is 2.17 bits per heavy atom. The summed E-state index contributed by atoms with van der Waals surface area (Å²) < 4.78 is 5.54. The van der Waals surface area contributed by atoms with E-state index in [1.807, 2.05) is 24.4 Å². The summed E-state index contributed by atoms with van der Waals surface area (Å²) in [6.45, 7) is 2.08. The number of hydrogen-bond acceptors (Lipinski definition) is 2. The number of ether oxygens (including phenoxy) is 1. The number of aliphatic imine (C=N–C) groups is 1. The molecule has 2 aliphatic rings. The van der Waals surface area contributed by atoms with Crippen LogP contribution < -0.4 is 0 Å². The van der Waals surface area contributed by atoms with Crippen molar-refractivity contribution in [3.8, 4) is 0 Å². The number of fused-ring (bicyclic) bond motifs is 2. The maximum absolute atomic E-state index is 5.54. The molecule has 3 rings (SSSR count). The van der Waals surface area contributed by atoms with Crippen molar-refractivity contribution in [1.82, 2.24) is 0 Å². The van der Waals surface area contributed by atoms with Crippen molar-refractivity contribution in [3.63, 3.8) is 0 Å². The standard InChI is InChI=1S/C10H9NO/c1-7-10(12-7)6-11-9-5-3-2-4-8(9)10/h2-7H,1H3. The van der Waals surface area contributed by atoms with E-state index >= 15 is 0 Å². The average molecular weight is 159 g/mol. The Hall–Kier alpha value is -1.15. The number of hydrogen-bond donors (Lipinski definition) is 0. The molecule has 0 saturated carbocycles. The Kier molecular flexibility index (Phi) is 0.943. The van der Waals surface area contributed by atoms with Crippen LogP contribution in [0.2, 0.25) is 0 Å². The first-order chi connectivity index (χ1) is 5.83. The van der Waals surface area contributed by atoms with E-state index < -0.39 is 0 Å². The van der Waals surface area contributed by atoms with Gasteiger partial charge in [0.1, 0.15) is 0 Å². The summed E-state index contributed by atoms with van der Waals surface area (Å²) in [5.74, 6) is 0. The summed E-state index contributed by atoms with van der Waals surface area (Å²) in [5.41, 5.74) is 2.12. The maximum atomic E-state index is 5.54. The Morgan fingerprint density at radius 3 is 2.92 bits per heavy atom. The fourth-order valence-corrected chi connectivity index (χ4v) is 1.83. The van der Waals surface area contributed by atoms with Gasteiger partial charge in [0.05, 0.1) is 11.8 Å². The molecule has 0 N–H and O–H groups in total. The normalized spacial score (nSPS) is 35.6. The molecule has 1 saturated heterocycles. The molecular formula is C10H9NO. The number of rotatable bonds is 0. The lowest BCUT2D eigenvalue weighted by atomic mass is 9.98. The zero-order valence-electron chi connectivity index (χ0n) is 6.82. The highest BCUT2D eigenvalue weighted by molar-refractivity contribution is 5.86. The van der Waals surface area contributed by atoms with Gasteiger partial charge in [-0.3, -0.25) is 4.99 Å². The molecule has 60 valence electrons. The molecule has 1 spiro atoms. The van der Waals surface area contributed by atoms with Crippen molar-refractivity contribution in [2.45, 2.75) is 18.6 Å². The van der Waals surface area contributed by atoms with Crippen LogP contribution in [-0.2, 0) is 10.3 Å². The van der Waals surface area contributed by atoms with Gasteiger partial charge in [-0.25, -0.2) is 0 Å². The minimum absolute atomic E-state index is 0.156. The van der Waals surface area contributed by atoms with E-state index in [2.05, 4.69) is 18.0 Å². The van der Waals surface area contributed by atoms with Gasteiger partial charge in [-0.1, -0.05) is 18.2 Å². The molecule has 0 amide bonds. The lowest BCUT2D eigenvalue weighted by molar-refractivity contribution is 0.357. The largest absolute Gasteiger partial charge is 0.355 e. The maximum Gasteiger partial charge on any atom is 0.156 e. The van der Waals surface area contributed by atoms with E-state index in [9.17, 15) is 0 Å². The Labute approximate surface area is 70.9 Å². The second kappa shape index (κ2) is 1.77. The van der Waals surface area contributed by atoms with Crippen LogP contribution in [0.15, 0.2) is 29.3 Å². The molecule has 2 nitrogen and oxygen atoms in total. The second-order valence-corrected chi connectivity index (χ2v) is 3.33. The molecule has 2 atom stereocenters. The zero-order valence-corrected chi connectivity index (χ0v) is 6.82. The predicted molar refractivity (Wildman–Crippen MR) is 46.8 cm³/mol. The van der Waals surface area contributed by atoms with Crippen LogP contribution in [0.4, 0.5) is 5.69 Å². The molecule has 1 aromatic carbocycles. The Balaban J connectivity index is 2.21. The summed E-state index contributed by atoms with van der Waals surface area (Å²) in [5, 5.41) is 0. The molecule has 1 aromatic rings. The van der Waals surface area contributed by atoms with Crippen LogP contribution in [0.5, 0.6) is 0 Å². The van der Waals surface area contributed by atoms with E-state index in [0.29, 0.717) is 6.10 Å². The molecule has 1 fully saturated rings. The summed E-state index contributed by atoms with van der Waals surface area (Å²) in [4.78, 5) is 4.31. The first kappa shape index (κ1) is 6.38. The third kappa shape index (κ3) is 0.573. The van der Waals surface area contributed by atoms with E-state index in [-0.39, 0.29) is 5.60 Å². The van der Waals surface area contributed by atoms with Crippen molar-refractivity contribution >= 4 is 11.9 Å². The minimum atomic E-state index is -0.156. The lowest BCUT2D eigenvalue weighted by Crippen LogP contribution is -2.08. The molecule has 0 aromatic heterocycles. The number of nitrogens with zero attached hydrogens (tertiary/aromatic N) is 1. The van der Waals surface area contributed by atoms with Crippen LogP contribution in [-0.4, -0.2) is 12.3 Å². The van der Waals surface area contributed by atoms with E-state index in [4.69, 9.17) is 4.74 Å². The van der Waals surface area contributed by atoms with E-state index in [0.717, 1.165) is 5.69 Å². The topological polar surface area (TPSA) is 24.9 Å². The number of epoxide rings is 1. The van der Waals surface area contributed by atoms with Crippen molar-refractivity contribution < 1.29 is 4.74 Å². The van der Waals surface area contributed by atoms with E-state index in [1.165, 1.54) is 5.56 Å². The predicted octanol–water partition coefficient (Wildman–Crippen LogP) is 2.02. The van der Waals surface area contributed by atoms with Crippen molar-refractivity contribution in [2.75, 3.05) is 0 Å². The van der Waals surface area contributed by atoms with Gasteiger partial charge in [0.2, 0.25) is 0 Å². The van der Waals surface area contributed by atoms with Crippen molar-refractivity contribution in [2.24, 2.45) is 4.99 Å². The monoisotopic (exact) mass is 159 g/mol. The number of benzene rings is 1. The van der Waals surface area contributed by atoms with Crippen molar-refractivity contribution in [1.29, 1.82) is 0 Å². The summed E-state index contributed by atoms with van der Waals surface area (Å²) in [6.07, 6.45) is 2.22. The summed E-state index contributed by atoms with van der Waals surface area (Å²) >= 11 is 0. The molecule has 0 bridgehead atoms. The van der Waals surface area contributed by atoms with Crippen LogP contribution in [0, 0.1) is 0 Å². The molecule has 2 heterocycles. The molecule has 0 radical (unpaired) electrons. The van der Waals surface area contributed by atoms with Crippen LogP contribution in [0.25, 0.3) is 0 Å². The minimum Gasteiger partial charge on any atom is -0.355 e. The molecule has 2 unspecified atom stereocenters. The SMILES string of the molecule is CC1OC12C=Nc1ccccc12. The van der Waals surface area contributed by atoms with Crippen LogP contribution >= 0.6 is 0 Å². The van der Waals surface area contributed by atoms with Gasteiger partial charge in [-0.15, -0.1) is 0 Å². The molecular weight excluding hydrogens is 150 g/mol. The van der Waals surface area contributed by atoms with Crippen LogP contribution in [0.1, 0.15) is 12.5 Å². The highest BCUT2D eigenvalue weighted by Gasteiger charge is 2.56. The second-order valence-electron chi connectivity index (χ2n) is 3.33. The molecule has 0 aliphatic carbocycles. The van der Waals surface area contributed by atoms with Gasteiger partial charge in [0.25, 0.3) is 0 Å². The van der Waals surface area contributed by atoms with Gasteiger partial charge >= 0.3 is 0 Å². The lowest BCUT2D eigenvalue weighted by Gasteiger charge is -2.00. The van der Waals surface area contributed by atoms with Gasteiger partial charge in [0, 0.05) is 11.8 Å². The fraction of sp³-hybridized carbons (Fsp3) is 0.300. The smallest absolute Gasteiger partial charge is 0.156 e. The van der Waals surface area contributed by atoms with E-state index in [1.54, 1.807) is 0 Å². The van der Waals surface area contributed by atoms with Gasteiger partial charge in [-0.2, -0.15) is 0 Å². The summed E-state index contributed by atoms with van der Waals surface area (Å²) in [7, 11) is 0. The molecule has 2 heteroatoms. The third-order valence-corrected chi connectivity index (χ3v) is 2.64. The molecule has 12 heavy (non-hydrogen) atoms. The highest BCUT2D eigenvalue weighted by Crippen LogP contribution is 2.51. The molecule has 2 aliphatic heterocycles. The zero-order chi connectivity index (χ0) is 8.18. The quantitative estimate of drug-likeness (QED) is 0.531. The highest BCUT2D eigenvalue weighted by atomic mass is 16.6.